The Morgan fingerprint density at radius 1 is 1.42 bits per heavy atom. The molecule has 2 N–H and O–H groups in total. The van der Waals surface area contributed by atoms with E-state index in [4.69, 9.17) is 4.74 Å². The van der Waals surface area contributed by atoms with E-state index in [0.717, 1.165) is 24.1 Å². The number of hydrogen-bond donors (Lipinski definition) is 2. The molecule has 4 heteroatoms. The Bertz CT molecular complexity index is 465. The molecule has 0 saturated carbocycles. The van der Waals surface area contributed by atoms with Crippen molar-refractivity contribution in [2.75, 3.05) is 20.2 Å². The zero-order chi connectivity index (χ0) is 13.8. The summed E-state index contributed by atoms with van der Waals surface area (Å²) < 4.78 is 5.30. The smallest absolute Gasteiger partial charge is 0.255 e. The first-order valence-corrected chi connectivity index (χ1v) is 6.78. The van der Waals surface area contributed by atoms with Gasteiger partial charge in [0, 0.05) is 12.6 Å². The fourth-order valence-electron chi connectivity index (χ4n) is 2.38. The van der Waals surface area contributed by atoms with Crippen LogP contribution in [0, 0.1) is 13.8 Å². The molecule has 104 valence electrons. The van der Waals surface area contributed by atoms with Crippen molar-refractivity contribution in [1.82, 2.24) is 10.6 Å². The summed E-state index contributed by atoms with van der Waals surface area (Å²) in [5, 5.41) is 6.35. The lowest BCUT2D eigenvalue weighted by Crippen LogP contribution is -2.37. The molecule has 0 aromatic heterocycles. The Morgan fingerprint density at radius 3 is 2.79 bits per heavy atom. The highest BCUT2D eigenvalue weighted by Gasteiger charge is 2.17. The molecule has 1 aliphatic rings. The number of aryl methyl sites for hydroxylation is 2. The fraction of sp³-hybridized carbons (Fsp3) is 0.533. The van der Waals surface area contributed by atoms with Gasteiger partial charge in [0.15, 0.2) is 0 Å². The van der Waals surface area contributed by atoms with Crippen molar-refractivity contribution in [1.29, 1.82) is 0 Å². The number of carbonyl (C=O) groups excluding carboxylic acids is 1. The van der Waals surface area contributed by atoms with Crippen molar-refractivity contribution < 1.29 is 9.53 Å². The molecule has 1 aromatic carbocycles. The summed E-state index contributed by atoms with van der Waals surface area (Å²) >= 11 is 0. The van der Waals surface area contributed by atoms with Gasteiger partial charge in [0.1, 0.15) is 5.75 Å². The largest absolute Gasteiger partial charge is 0.496 e. The van der Waals surface area contributed by atoms with Gasteiger partial charge in [-0.2, -0.15) is 0 Å². The monoisotopic (exact) mass is 262 g/mol. The van der Waals surface area contributed by atoms with Crippen LogP contribution in [0.25, 0.3) is 0 Å². The predicted octanol–water partition coefficient (Wildman–Crippen LogP) is 1.79. The van der Waals surface area contributed by atoms with Crippen LogP contribution in [0.5, 0.6) is 5.75 Å². The van der Waals surface area contributed by atoms with Crippen molar-refractivity contribution >= 4 is 5.91 Å². The molecule has 1 aromatic rings. The second kappa shape index (κ2) is 6.06. The molecule has 19 heavy (non-hydrogen) atoms. The van der Waals surface area contributed by atoms with E-state index in [0.29, 0.717) is 23.9 Å². The van der Waals surface area contributed by atoms with Crippen LogP contribution in [-0.2, 0) is 0 Å². The molecule has 1 atom stereocenters. The highest BCUT2D eigenvalue weighted by molar-refractivity contribution is 5.97. The lowest BCUT2D eigenvalue weighted by atomic mass is 10.0. The minimum atomic E-state index is -0.0614. The molecule has 4 nitrogen and oxygen atoms in total. The first kappa shape index (κ1) is 13.9. The third kappa shape index (κ3) is 3.26. The number of carbonyl (C=O) groups is 1. The zero-order valence-electron chi connectivity index (χ0n) is 11.9. The van der Waals surface area contributed by atoms with E-state index in [1.165, 1.54) is 6.42 Å². The fourth-order valence-corrected chi connectivity index (χ4v) is 2.38. The molecule has 0 aliphatic carbocycles. The van der Waals surface area contributed by atoms with Crippen LogP contribution in [0.4, 0.5) is 0 Å². The van der Waals surface area contributed by atoms with Gasteiger partial charge in [-0.3, -0.25) is 4.79 Å². The van der Waals surface area contributed by atoms with Crippen LogP contribution in [0.3, 0.4) is 0 Å². The SMILES string of the molecule is COc1cc(C)c(C)cc1C(=O)NC[C@H]1CCCN1. The number of benzene rings is 1. The average molecular weight is 262 g/mol. The van der Waals surface area contributed by atoms with E-state index in [1.807, 2.05) is 26.0 Å². The number of ether oxygens (including phenoxy) is 1. The molecular weight excluding hydrogens is 240 g/mol. The molecule has 0 radical (unpaired) electrons. The third-order valence-electron chi connectivity index (χ3n) is 3.73. The normalized spacial score (nSPS) is 18.4. The predicted molar refractivity (Wildman–Crippen MR) is 75.8 cm³/mol. The van der Waals surface area contributed by atoms with Crippen LogP contribution in [0.2, 0.25) is 0 Å². The molecule has 1 fully saturated rings. The number of methoxy groups -OCH3 is 1. The van der Waals surface area contributed by atoms with Crippen LogP contribution >= 0.6 is 0 Å². The summed E-state index contributed by atoms with van der Waals surface area (Å²) in [4.78, 5) is 12.2. The van der Waals surface area contributed by atoms with Gasteiger partial charge in [-0.15, -0.1) is 0 Å². The van der Waals surface area contributed by atoms with Gasteiger partial charge in [-0.25, -0.2) is 0 Å². The van der Waals surface area contributed by atoms with E-state index in [1.54, 1.807) is 7.11 Å². The van der Waals surface area contributed by atoms with Gasteiger partial charge >= 0.3 is 0 Å². The van der Waals surface area contributed by atoms with E-state index in [2.05, 4.69) is 10.6 Å². The lowest BCUT2D eigenvalue weighted by Gasteiger charge is -2.14. The summed E-state index contributed by atoms with van der Waals surface area (Å²) in [5.41, 5.74) is 2.85. The minimum absolute atomic E-state index is 0.0614. The van der Waals surface area contributed by atoms with Gasteiger partial charge in [0.2, 0.25) is 0 Å². The van der Waals surface area contributed by atoms with Gasteiger partial charge in [0.05, 0.1) is 12.7 Å². The molecule has 1 saturated heterocycles. The van der Waals surface area contributed by atoms with Crippen molar-refractivity contribution in [3.8, 4) is 5.75 Å². The maximum absolute atomic E-state index is 12.2. The maximum atomic E-state index is 12.2. The standard InChI is InChI=1S/C15H22N2O2/c1-10-7-13(14(19-3)8-11(10)2)15(18)17-9-12-5-4-6-16-12/h7-8,12,16H,4-6,9H2,1-3H3,(H,17,18)/t12-/m1/s1. The number of hydrogen-bond acceptors (Lipinski definition) is 3. The molecule has 2 rings (SSSR count). The van der Waals surface area contributed by atoms with Gasteiger partial charge in [0.25, 0.3) is 5.91 Å². The molecule has 1 aliphatic heterocycles. The van der Waals surface area contributed by atoms with Crippen molar-refractivity contribution in [2.45, 2.75) is 32.7 Å². The molecular formula is C15H22N2O2. The Morgan fingerprint density at radius 2 is 2.16 bits per heavy atom. The summed E-state index contributed by atoms with van der Waals surface area (Å²) in [6.07, 6.45) is 2.32. The maximum Gasteiger partial charge on any atom is 0.255 e. The average Bonchev–Trinajstić information content (AvgIpc) is 2.91. The van der Waals surface area contributed by atoms with Gasteiger partial charge < -0.3 is 15.4 Å². The number of amides is 1. The second-order valence-corrected chi connectivity index (χ2v) is 5.14. The van der Waals surface area contributed by atoms with Crippen LogP contribution < -0.4 is 15.4 Å². The van der Waals surface area contributed by atoms with Crippen molar-refractivity contribution in [2.24, 2.45) is 0 Å². The Labute approximate surface area is 114 Å². The minimum Gasteiger partial charge on any atom is -0.496 e. The van der Waals surface area contributed by atoms with E-state index in [9.17, 15) is 4.79 Å². The Kier molecular flexibility index (Phi) is 4.43. The summed E-state index contributed by atoms with van der Waals surface area (Å²) in [5.74, 6) is 0.577. The lowest BCUT2D eigenvalue weighted by molar-refractivity contribution is 0.0947. The Hall–Kier alpha value is -1.55. The molecule has 0 bridgehead atoms. The number of rotatable bonds is 4. The van der Waals surface area contributed by atoms with Gasteiger partial charge in [-0.1, -0.05) is 0 Å². The first-order chi connectivity index (χ1) is 9.11. The molecule has 0 unspecified atom stereocenters. The first-order valence-electron chi connectivity index (χ1n) is 6.78. The third-order valence-corrected chi connectivity index (χ3v) is 3.73. The van der Waals surface area contributed by atoms with Crippen LogP contribution in [0.1, 0.15) is 34.3 Å². The number of nitrogens with one attached hydrogen (secondary N) is 2. The molecule has 0 spiro atoms. The quantitative estimate of drug-likeness (QED) is 0.870. The summed E-state index contributed by atoms with van der Waals surface area (Å²) in [6, 6.07) is 4.21. The zero-order valence-corrected chi connectivity index (χ0v) is 11.9. The topological polar surface area (TPSA) is 50.4 Å². The van der Waals surface area contributed by atoms with Crippen LogP contribution in [-0.4, -0.2) is 32.1 Å². The van der Waals surface area contributed by atoms with Crippen molar-refractivity contribution in [3.05, 3.63) is 28.8 Å². The highest BCUT2D eigenvalue weighted by Crippen LogP contribution is 2.22. The molecule has 1 amide bonds. The van der Waals surface area contributed by atoms with E-state index < -0.39 is 0 Å². The summed E-state index contributed by atoms with van der Waals surface area (Å²) in [7, 11) is 1.60. The van der Waals surface area contributed by atoms with Crippen molar-refractivity contribution in [3.63, 3.8) is 0 Å². The van der Waals surface area contributed by atoms with E-state index >= 15 is 0 Å². The molecule has 1 heterocycles. The van der Waals surface area contributed by atoms with E-state index in [-0.39, 0.29) is 5.91 Å². The Balaban J connectivity index is 2.07. The van der Waals surface area contributed by atoms with Gasteiger partial charge in [-0.05, 0) is 56.5 Å². The van der Waals surface area contributed by atoms with Crippen LogP contribution in [0.15, 0.2) is 12.1 Å². The highest BCUT2D eigenvalue weighted by atomic mass is 16.5. The summed E-state index contributed by atoms with van der Waals surface area (Å²) in [6.45, 7) is 5.74. The second-order valence-electron chi connectivity index (χ2n) is 5.14.